The number of aliphatic hydroxyl groups excluding tert-OH is 1. The van der Waals surface area contributed by atoms with Crippen molar-refractivity contribution in [2.75, 3.05) is 32.7 Å². The number of carbonyl (C=O) groups excluding carboxylic acids is 1. The fourth-order valence-corrected chi connectivity index (χ4v) is 2.50. The number of likely N-dealkylation sites (tertiary alicyclic amines) is 1. The Bertz CT molecular complexity index is 238. The first-order chi connectivity index (χ1) is 8.12. The standard InChI is InChI=1S/C13H26N2O2/c1-3-5-6-7-13(17)14-8-9-15(4-2)10-12(16)11-15/h12,16H,3-11H2,1-2H3/p+1. The van der Waals surface area contributed by atoms with Crippen LogP contribution in [0.5, 0.6) is 0 Å². The zero-order chi connectivity index (χ0) is 12.7. The number of unbranched alkanes of at least 4 members (excludes halogenated alkanes) is 2. The van der Waals surface area contributed by atoms with E-state index in [0.717, 1.165) is 56.5 Å². The van der Waals surface area contributed by atoms with E-state index < -0.39 is 0 Å². The zero-order valence-electron chi connectivity index (χ0n) is 11.2. The van der Waals surface area contributed by atoms with Crippen molar-refractivity contribution in [1.82, 2.24) is 5.32 Å². The number of aliphatic hydroxyl groups is 1. The molecule has 1 rings (SSSR count). The fourth-order valence-electron chi connectivity index (χ4n) is 2.50. The second-order valence-corrected chi connectivity index (χ2v) is 5.21. The Labute approximate surface area is 105 Å². The van der Waals surface area contributed by atoms with Crippen LogP contribution in [0.4, 0.5) is 0 Å². The lowest BCUT2D eigenvalue weighted by molar-refractivity contribution is -0.969. The molecule has 0 unspecified atom stereocenters. The summed E-state index contributed by atoms with van der Waals surface area (Å²) in [5.41, 5.74) is 0. The topological polar surface area (TPSA) is 49.3 Å². The van der Waals surface area contributed by atoms with Crippen LogP contribution in [0.2, 0.25) is 0 Å². The minimum atomic E-state index is -0.129. The summed E-state index contributed by atoms with van der Waals surface area (Å²) in [6.07, 6.45) is 3.81. The van der Waals surface area contributed by atoms with Crippen LogP contribution in [0.15, 0.2) is 0 Å². The molecule has 0 aromatic rings. The first-order valence-electron chi connectivity index (χ1n) is 6.92. The number of likely N-dealkylation sites (N-methyl/N-ethyl adjacent to an activating group) is 1. The smallest absolute Gasteiger partial charge is 0.220 e. The van der Waals surface area contributed by atoms with Gasteiger partial charge in [0.05, 0.1) is 19.6 Å². The van der Waals surface area contributed by atoms with E-state index in [0.29, 0.717) is 6.42 Å². The van der Waals surface area contributed by atoms with Crippen LogP contribution in [-0.4, -0.2) is 54.3 Å². The second-order valence-electron chi connectivity index (χ2n) is 5.21. The van der Waals surface area contributed by atoms with E-state index in [1.54, 1.807) is 0 Å². The van der Waals surface area contributed by atoms with Crippen LogP contribution in [0, 0.1) is 0 Å². The summed E-state index contributed by atoms with van der Waals surface area (Å²) < 4.78 is 0.955. The molecule has 1 heterocycles. The highest BCUT2D eigenvalue weighted by Gasteiger charge is 2.40. The average molecular weight is 243 g/mol. The third-order valence-corrected chi connectivity index (χ3v) is 3.78. The van der Waals surface area contributed by atoms with Gasteiger partial charge < -0.3 is 14.9 Å². The zero-order valence-corrected chi connectivity index (χ0v) is 11.2. The van der Waals surface area contributed by atoms with Gasteiger partial charge in [-0.05, 0) is 13.3 Å². The number of quaternary nitrogens is 1. The lowest BCUT2D eigenvalue weighted by Crippen LogP contribution is -2.67. The van der Waals surface area contributed by atoms with E-state index in [1.165, 1.54) is 0 Å². The van der Waals surface area contributed by atoms with E-state index in [4.69, 9.17) is 0 Å². The van der Waals surface area contributed by atoms with E-state index in [2.05, 4.69) is 19.2 Å². The van der Waals surface area contributed by atoms with E-state index in [1.807, 2.05) is 0 Å². The normalized spacial score (nSPS) is 27.6. The largest absolute Gasteiger partial charge is 0.382 e. The molecule has 2 N–H and O–H groups in total. The van der Waals surface area contributed by atoms with E-state index >= 15 is 0 Å². The maximum atomic E-state index is 11.5. The monoisotopic (exact) mass is 243 g/mol. The SMILES string of the molecule is CCCCCC(=O)NCC[N+]1(CC)CC(O)C1. The van der Waals surface area contributed by atoms with Crippen LogP contribution < -0.4 is 5.32 Å². The van der Waals surface area contributed by atoms with Gasteiger partial charge in [0, 0.05) is 6.42 Å². The van der Waals surface area contributed by atoms with Gasteiger partial charge >= 0.3 is 0 Å². The fraction of sp³-hybridized carbons (Fsp3) is 0.923. The lowest BCUT2D eigenvalue weighted by Gasteiger charge is -2.48. The molecule has 0 saturated carbocycles. The first kappa shape index (κ1) is 14.5. The molecule has 0 bridgehead atoms. The van der Waals surface area contributed by atoms with Crippen LogP contribution in [-0.2, 0) is 4.79 Å². The summed E-state index contributed by atoms with van der Waals surface area (Å²) in [7, 11) is 0. The van der Waals surface area contributed by atoms with Gasteiger partial charge in [0.2, 0.25) is 5.91 Å². The first-order valence-corrected chi connectivity index (χ1v) is 6.92. The summed E-state index contributed by atoms with van der Waals surface area (Å²) in [6.45, 7) is 8.73. The van der Waals surface area contributed by atoms with Crippen molar-refractivity contribution in [2.24, 2.45) is 0 Å². The quantitative estimate of drug-likeness (QED) is 0.491. The number of carbonyl (C=O) groups is 1. The van der Waals surface area contributed by atoms with E-state index in [-0.39, 0.29) is 12.0 Å². The molecule has 1 aliphatic heterocycles. The Morgan fingerprint density at radius 1 is 1.35 bits per heavy atom. The highest BCUT2D eigenvalue weighted by Crippen LogP contribution is 2.19. The summed E-state index contributed by atoms with van der Waals surface area (Å²) in [4.78, 5) is 11.5. The van der Waals surface area contributed by atoms with E-state index in [9.17, 15) is 9.90 Å². The van der Waals surface area contributed by atoms with Crippen molar-refractivity contribution < 1.29 is 14.4 Å². The molecule has 0 aliphatic carbocycles. The number of rotatable bonds is 8. The Morgan fingerprint density at radius 3 is 2.59 bits per heavy atom. The molecule has 1 amide bonds. The lowest BCUT2D eigenvalue weighted by atomic mass is 10.1. The average Bonchev–Trinajstić information content (AvgIpc) is 2.26. The van der Waals surface area contributed by atoms with Gasteiger partial charge in [-0.25, -0.2) is 0 Å². The summed E-state index contributed by atoms with van der Waals surface area (Å²) in [5.74, 6) is 0.175. The predicted molar refractivity (Wildman–Crippen MR) is 68.6 cm³/mol. The van der Waals surface area contributed by atoms with Gasteiger partial charge in [-0.2, -0.15) is 0 Å². The van der Waals surface area contributed by atoms with Crippen LogP contribution in [0.3, 0.4) is 0 Å². The highest BCUT2D eigenvalue weighted by molar-refractivity contribution is 5.75. The third kappa shape index (κ3) is 4.64. The van der Waals surface area contributed by atoms with Crippen molar-refractivity contribution in [3.8, 4) is 0 Å². The summed E-state index contributed by atoms with van der Waals surface area (Å²) >= 11 is 0. The molecule has 0 aromatic carbocycles. The molecule has 0 aromatic heterocycles. The van der Waals surface area contributed by atoms with Crippen LogP contribution in [0.1, 0.15) is 39.5 Å². The van der Waals surface area contributed by atoms with Gasteiger partial charge in [0.1, 0.15) is 13.1 Å². The highest BCUT2D eigenvalue weighted by atomic mass is 16.3. The van der Waals surface area contributed by atoms with Crippen LogP contribution in [0.25, 0.3) is 0 Å². The van der Waals surface area contributed by atoms with Gasteiger partial charge in [0.25, 0.3) is 0 Å². The number of hydrogen-bond donors (Lipinski definition) is 2. The maximum Gasteiger partial charge on any atom is 0.220 e. The Balaban J connectivity index is 2.08. The molecule has 1 saturated heterocycles. The molecule has 0 atom stereocenters. The molecule has 1 aliphatic rings. The third-order valence-electron chi connectivity index (χ3n) is 3.78. The van der Waals surface area contributed by atoms with Gasteiger partial charge in [0.15, 0.2) is 6.10 Å². The molecular formula is C13H27N2O2+. The van der Waals surface area contributed by atoms with Gasteiger partial charge in [-0.1, -0.05) is 19.8 Å². The second kappa shape index (κ2) is 6.97. The van der Waals surface area contributed by atoms with Crippen LogP contribution >= 0.6 is 0 Å². The molecule has 0 radical (unpaired) electrons. The summed E-state index contributed by atoms with van der Waals surface area (Å²) in [6, 6.07) is 0. The van der Waals surface area contributed by atoms with Crippen molar-refractivity contribution in [1.29, 1.82) is 0 Å². The maximum absolute atomic E-state index is 11.5. The minimum absolute atomic E-state index is 0.129. The minimum Gasteiger partial charge on any atom is -0.382 e. The molecular weight excluding hydrogens is 216 g/mol. The number of nitrogens with zero attached hydrogens (tertiary/aromatic N) is 1. The Kier molecular flexibility index (Phi) is 5.92. The molecule has 0 spiro atoms. The number of hydrogen-bond acceptors (Lipinski definition) is 2. The number of nitrogens with one attached hydrogen (secondary N) is 1. The van der Waals surface area contributed by atoms with Gasteiger partial charge in [-0.3, -0.25) is 4.79 Å². The van der Waals surface area contributed by atoms with Crippen molar-refractivity contribution >= 4 is 5.91 Å². The molecule has 4 heteroatoms. The number of amides is 1. The molecule has 1 fully saturated rings. The Morgan fingerprint density at radius 2 is 2.06 bits per heavy atom. The van der Waals surface area contributed by atoms with Crippen molar-refractivity contribution in [3.63, 3.8) is 0 Å². The molecule has 100 valence electrons. The van der Waals surface area contributed by atoms with Gasteiger partial charge in [-0.15, -0.1) is 0 Å². The Hall–Kier alpha value is -0.610. The molecule has 17 heavy (non-hydrogen) atoms. The predicted octanol–water partition coefficient (Wildman–Crippen LogP) is 0.894. The molecule has 4 nitrogen and oxygen atoms in total. The summed E-state index contributed by atoms with van der Waals surface area (Å²) in [5, 5.41) is 12.3. The van der Waals surface area contributed by atoms with Crippen molar-refractivity contribution in [2.45, 2.75) is 45.6 Å². The van der Waals surface area contributed by atoms with Crippen molar-refractivity contribution in [3.05, 3.63) is 0 Å².